The van der Waals surface area contributed by atoms with E-state index in [1.807, 2.05) is 13.0 Å². The molecule has 1 heterocycles. The van der Waals surface area contributed by atoms with Crippen LogP contribution in [0, 0.1) is 6.92 Å². The molecule has 2 aromatic rings. The van der Waals surface area contributed by atoms with Gasteiger partial charge >= 0.3 is 5.97 Å². The molecule has 0 aliphatic heterocycles. The molecule has 0 amide bonds. The third kappa shape index (κ3) is 2.63. The molecule has 0 bridgehead atoms. The predicted molar refractivity (Wildman–Crippen MR) is 64.7 cm³/mol. The molecular weight excluding hydrogens is 232 g/mol. The van der Waals surface area contributed by atoms with E-state index in [9.17, 15) is 4.79 Å². The molecule has 0 radical (unpaired) electrons. The maximum Gasteiger partial charge on any atom is 0.346 e. The molecule has 1 aromatic carbocycles. The summed E-state index contributed by atoms with van der Waals surface area (Å²) in [5.41, 5.74) is 1.28. The number of nitrogens with zero attached hydrogens (tertiary/aromatic N) is 2. The van der Waals surface area contributed by atoms with Crippen LogP contribution in [0.1, 0.15) is 15.9 Å². The third-order valence-corrected chi connectivity index (χ3v) is 2.39. The molecule has 0 fully saturated rings. The van der Waals surface area contributed by atoms with Crippen LogP contribution in [0.5, 0.6) is 11.5 Å². The summed E-state index contributed by atoms with van der Waals surface area (Å²) in [6, 6.07) is 5.19. The number of carbonyl (C=O) groups excluding carboxylic acids is 1. The van der Waals surface area contributed by atoms with Crippen LogP contribution in [-0.4, -0.2) is 23.0 Å². The van der Waals surface area contributed by atoms with Gasteiger partial charge in [-0.25, -0.2) is 14.8 Å². The van der Waals surface area contributed by atoms with Crippen molar-refractivity contribution in [3.63, 3.8) is 0 Å². The van der Waals surface area contributed by atoms with E-state index < -0.39 is 5.97 Å². The van der Waals surface area contributed by atoms with Crippen molar-refractivity contribution in [2.24, 2.45) is 0 Å². The number of hydrogen-bond donors (Lipinski definition) is 0. The first-order valence-electron chi connectivity index (χ1n) is 5.32. The Hall–Kier alpha value is -2.43. The summed E-state index contributed by atoms with van der Waals surface area (Å²) < 4.78 is 10.4. The Balaban J connectivity index is 2.17. The lowest BCUT2D eigenvalue weighted by Crippen LogP contribution is -2.09. The summed E-state index contributed by atoms with van der Waals surface area (Å²) in [5, 5.41) is 0. The van der Waals surface area contributed by atoms with Crippen molar-refractivity contribution in [1.82, 2.24) is 9.97 Å². The van der Waals surface area contributed by atoms with Gasteiger partial charge in [0.2, 0.25) is 0 Å². The minimum atomic E-state index is -0.499. The van der Waals surface area contributed by atoms with Gasteiger partial charge in [-0.05, 0) is 18.6 Å². The smallest absolute Gasteiger partial charge is 0.346 e. The first-order valence-corrected chi connectivity index (χ1v) is 5.32. The number of aryl methyl sites for hydroxylation is 1. The molecule has 0 spiro atoms. The zero-order valence-corrected chi connectivity index (χ0v) is 10.1. The normalized spacial score (nSPS) is 9.89. The number of ether oxygens (including phenoxy) is 2. The average molecular weight is 244 g/mol. The number of rotatable bonds is 3. The predicted octanol–water partition coefficient (Wildman–Crippen LogP) is 2.01. The Morgan fingerprint density at radius 2 is 1.94 bits per heavy atom. The van der Waals surface area contributed by atoms with Crippen LogP contribution in [0.3, 0.4) is 0 Å². The highest BCUT2D eigenvalue weighted by atomic mass is 16.5. The molecule has 18 heavy (non-hydrogen) atoms. The summed E-state index contributed by atoms with van der Waals surface area (Å²) in [4.78, 5) is 19.3. The van der Waals surface area contributed by atoms with Crippen molar-refractivity contribution in [2.75, 3.05) is 7.11 Å². The van der Waals surface area contributed by atoms with Gasteiger partial charge in [0.1, 0.15) is 17.8 Å². The summed E-state index contributed by atoms with van der Waals surface area (Å²) in [6.07, 6.45) is 4.16. The minimum absolute atomic E-state index is 0.303. The number of carbonyl (C=O) groups is 1. The molecule has 2 rings (SSSR count). The number of esters is 1. The van der Waals surface area contributed by atoms with E-state index in [4.69, 9.17) is 9.47 Å². The van der Waals surface area contributed by atoms with Gasteiger partial charge in [0.05, 0.1) is 12.7 Å². The van der Waals surface area contributed by atoms with Gasteiger partial charge in [0.15, 0.2) is 0 Å². The molecule has 92 valence electrons. The van der Waals surface area contributed by atoms with E-state index in [0.29, 0.717) is 17.1 Å². The summed E-state index contributed by atoms with van der Waals surface area (Å²) in [5.74, 6) is 0.595. The molecule has 0 N–H and O–H groups in total. The fourth-order valence-electron chi connectivity index (χ4n) is 1.43. The average Bonchev–Trinajstić information content (AvgIpc) is 2.42. The molecule has 0 saturated carbocycles. The van der Waals surface area contributed by atoms with Crippen molar-refractivity contribution in [3.05, 3.63) is 48.0 Å². The number of methoxy groups -OCH3 is 1. The Morgan fingerprint density at radius 3 is 2.61 bits per heavy atom. The highest BCUT2D eigenvalue weighted by Crippen LogP contribution is 2.24. The Labute approximate surface area is 104 Å². The van der Waals surface area contributed by atoms with Gasteiger partial charge in [-0.3, -0.25) is 0 Å². The van der Waals surface area contributed by atoms with Crippen LogP contribution in [-0.2, 0) is 0 Å². The fourth-order valence-corrected chi connectivity index (χ4v) is 1.43. The van der Waals surface area contributed by atoms with Gasteiger partial charge in [0.25, 0.3) is 0 Å². The molecule has 0 unspecified atom stereocenters. The summed E-state index contributed by atoms with van der Waals surface area (Å²) in [6.45, 7) is 1.91. The van der Waals surface area contributed by atoms with Gasteiger partial charge in [-0.2, -0.15) is 0 Å². The van der Waals surface area contributed by atoms with Crippen molar-refractivity contribution in [3.8, 4) is 11.5 Å². The van der Waals surface area contributed by atoms with Crippen molar-refractivity contribution in [1.29, 1.82) is 0 Å². The van der Waals surface area contributed by atoms with E-state index in [1.54, 1.807) is 19.2 Å². The first-order chi connectivity index (χ1) is 8.70. The lowest BCUT2D eigenvalue weighted by Gasteiger charge is -2.08. The molecule has 0 saturated heterocycles. The lowest BCUT2D eigenvalue weighted by atomic mass is 10.2. The lowest BCUT2D eigenvalue weighted by molar-refractivity contribution is 0.0733. The molecule has 0 atom stereocenters. The Kier molecular flexibility index (Phi) is 3.52. The maximum atomic E-state index is 11.8. The quantitative estimate of drug-likeness (QED) is 0.610. The Bertz CT molecular complexity index is 555. The van der Waals surface area contributed by atoms with Crippen molar-refractivity contribution >= 4 is 5.97 Å². The van der Waals surface area contributed by atoms with Crippen LogP contribution in [0.4, 0.5) is 0 Å². The standard InChI is InChI=1S/C13H12N2O3/c1-9-3-4-11(5-12(9)17-2)18-13(16)10-6-14-8-15-7-10/h3-8H,1-2H3. The molecule has 5 heteroatoms. The zero-order chi connectivity index (χ0) is 13.0. The number of aromatic nitrogens is 2. The monoisotopic (exact) mass is 244 g/mol. The maximum absolute atomic E-state index is 11.8. The molecule has 0 aliphatic rings. The van der Waals surface area contributed by atoms with Crippen LogP contribution >= 0.6 is 0 Å². The molecule has 5 nitrogen and oxygen atoms in total. The van der Waals surface area contributed by atoms with Crippen LogP contribution in [0.2, 0.25) is 0 Å². The second-order valence-corrected chi connectivity index (χ2v) is 3.65. The largest absolute Gasteiger partial charge is 0.496 e. The van der Waals surface area contributed by atoms with Gasteiger partial charge in [-0.15, -0.1) is 0 Å². The second kappa shape index (κ2) is 5.27. The van der Waals surface area contributed by atoms with Crippen molar-refractivity contribution in [2.45, 2.75) is 6.92 Å². The minimum Gasteiger partial charge on any atom is -0.496 e. The highest BCUT2D eigenvalue weighted by Gasteiger charge is 2.10. The van der Waals surface area contributed by atoms with Gasteiger partial charge in [0, 0.05) is 18.5 Å². The van der Waals surface area contributed by atoms with E-state index >= 15 is 0 Å². The number of hydrogen-bond acceptors (Lipinski definition) is 5. The SMILES string of the molecule is COc1cc(OC(=O)c2cncnc2)ccc1C. The van der Waals surface area contributed by atoms with E-state index in [2.05, 4.69) is 9.97 Å². The zero-order valence-electron chi connectivity index (χ0n) is 10.1. The first kappa shape index (κ1) is 12.0. The molecule has 0 aliphatic carbocycles. The van der Waals surface area contributed by atoms with E-state index in [0.717, 1.165) is 5.56 Å². The van der Waals surface area contributed by atoms with Gasteiger partial charge < -0.3 is 9.47 Å². The van der Waals surface area contributed by atoms with E-state index in [-0.39, 0.29) is 0 Å². The molecular formula is C13H12N2O3. The molecule has 1 aromatic heterocycles. The van der Waals surface area contributed by atoms with Crippen LogP contribution in [0.15, 0.2) is 36.9 Å². The Morgan fingerprint density at radius 1 is 1.22 bits per heavy atom. The van der Waals surface area contributed by atoms with Crippen LogP contribution in [0.25, 0.3) is 0 Å². The van der Waals surface area contributed by atoms with Crippen molar-refractivity contribution < 1.29 is 14.3 Å². The number of benzene rings is 1. The topological polar surface area (TPSA) is 61.3 Å². The highest BCUT2D eigenvalue weighted by molar-refractivity contribution is 5.90. The summed E-state index contributed by atoms with van der Waals surface area (Å²) >= 11 is 0. The third-order valence-electron chi connectivity index (χ3n) is 2.39. The van der Waals surface area contributed by atoms with Gasteiger partial charge in [-0.1, -0.05) is 6.07 Å². The second-order valence-electron chi connectivity index (χ2n) is 3.65. The van der Waals surface area contributed by atoms with E-state index in [1.165, 1.54) is 18.7 Å². The summed E-state index contributed by atoms with van der Waals surface area (Å²) in [7, 11) is 1.57. The van der Waals surface area contributed by atoms with Crippen LogP contribution < -0.4 is 9.47 Å². The fraction of sp³-hybridized carbons (Fsp3) is 0.154.